The van der Waals surface area contributed by atoms with Crippen LogP contribution in [0.25, 0.3) is 21.5 Å². The van der Waals surface area contributed by atoms with Crippen molar-refractivity contribution < 1.29 is 13.2 Å². The van der Waals surface area contributed by atoms with Crippen LogP contribution >= 0.6 is 0 Å². The molecule has 2 nitrogen and oxygen atoms in total. The van der Waals surface area contributed by atoms with Gasteiger partial charge in [0.05, 0.1) is 5.39 Å². The summed E-state index contributed by atoms with van der Waals surface area (Å²) in [6.45, 7) is 6.35. The molecular weight excluding hydrogens is 387 g/mol. The van der Waals surface area contributed by atoms with Gasteiger partial charge in [-0.1, -0.05) is 62.4 Å². The van der Waals surface area contributed by atoms with E-state index in [1.54, 1.807) is 6.07 Å². The fourth-order valence-electron chi connectivity index (χ4n) is 4.01. The Balaban J connectivity index is 2.05. The third kappa shape index (κ3) is 3.38. The summed E-state index contributed by atoms with van der Waals surface area (Å²) in [5, 5.41) is 5.20. The molecule has 154 valence electrons. The zero-order valence-corrected chi connectivity index (χ0v) is 17.0. The Labute approximate surface area is 172 Å². The van der Waals surface area contributed by atoms with Crippen molar-refractivity contribution in [1.82, 2.24) is 0 Å². The fraction of sp³-hybridized carbons (Fsp3) is 0.240. The molecule has 30 heavy (non-hydrogen) atoms. The normalized spacial score (nSPS) is 12.2. The highest BCUT2D eigenvalue weighted by Crippen LogP contribution is 2.40. The van der Waals surface area contributed by atoms with Crippen LogP contribution in [0, 0.1) is 6.92 Å². The molecule has 0 aliphatic heterocycles. The van der Waals surface area contributed by atoms with Crippen LogP contribution in [-0.4, -0.2) is 0 Å². The monoisotopic (exact) mass is 409 g/mol. The summed E-state index contributed by atoms with van der Waals surface area (Å²) in [4.78, 5) is 13.0. The molecule has 4 aromatic rings. The van der Waals surface area contributed by atoms with Gasteiger partial charge in [0.15, 0.2) is 0 Å². The highest BCUT2D eigenvalue weighted by molar-refractivity contribution is 6.19. The molecule has 0 aliphatic carbocycles. The van der Waals surface area contributed by atoms with E-state index < -0.39 is 17.2 Å². The van der Waals surface area contributed by atoms with E-state index in [1.165, 1.54) is 0 Å². The van der Waals surface area contributed by atoms with Gasteiger partial charge >= 0.3 is 6.18 Å². The Morgan fingerprint density at radius 3 is 2.30 bits per heavy atom. The first-order valence-corrected chi connectivity index (χ1v) is 9.90. The van der Waals surface area contributed by atoms with E-state index in [2.05, 4.69) is 5.32 Å². The van der Waals surface area contributed by atoms with Gasteiger partial charge in [0, 0.05) is 17.6 Å². The maximum absolute atomic E-state index is 13.6. The molecule has 0 aromatic heterocycles. The van der Waals surface area contributed by atoms with E-state index in [-0.39, 0.29) is 11.3 Å². The van der Waals surface area contributed by atoms with Crippen LogP contribution in [0.1, 0.15) is 42.0 Å². The number of aryl methyl sites for hydroxylation is 1. The van der Waals surface area contributed by atoms with E-state index in [9.17, 15) is 18.0 Å². The second-order valence-corrected chi connectivity index (χ2v) is 7.98. The molecule has 0 saturated heterocycles. The topological polar surface area (TPSA) is 29.1 Å². The molecular formula is C25H22F3NO. The second kappa shape index (κ2) is 7.31. The lowest BCUT2D eigenvalue weighted by molar-refractivity contribution is -0.138. The number of benzene rings is 2. The first kappa shape index (κ1) is 20.2. The number of halogens is 3. The number of hydrogen-bond donors (Lipinski definition) is 1. The van der Waals surface area contributed by atoms with Crippen molar-refractivity contribution in [3.8, 4) is 0 Å². The van der Waals surface area contributed by atoms with Gasteiger partial charge in [-0.25, -0.2) is 0 Å². The largest absolute Gasteiger partial charge is 0.420 e. The Bertz CT molecular complexity index is 1280. The molecule has 0 saturated carbocycles. The van der Waals surface area contributed by atoms with Crippen LogP contribution in [0.15, 0.2) is 59.4 Å². The first-order chi connectivity index (χ1) is 14.2. The lowest BCUT2D eigenvalue weighted by Crippen LogP contribution is -2.19. The summed E-state index contributed by atoms with van der Waals surface area (Å²) in [6, 6.07) is 16.1. The predicted octanol–water partition coefficient (Wildman–Crippen LogP) is 6.85. The number of anilines is 1. The molecule has 0 aliphatic rings. The minimum atomic E-state index is -4.71. The molecule has 1 N–H and O–H groups in total. The maximum Gasteiger partial charge on any atom is 0.420 e. The minimum absolute atomic E-state index is 0.120. The Hall–Kier alpha value is -3.08. The average molecular weight is 409 g/mol. The van der Waals surface area contributed by atoms with Crippen molar-refractivity contribution in [3.05, 3.63) is 87.1 Å². The summed E-state index contributed by atoms with van der Waals surface area (Å²) in [7, 11) is 0. The highest BCUT2D eigenvalue weighted by atomic mass is 19.4. The number of alkyl halides is 3. The van der Waals surface area contributed by atoms with Gasteiger partial charge in [-0.2, -0.15) is 13.2 Å². The summed E-state index contributed by atoms with van der Waals surface area (Å²) in [5.74, 6) is 0.203. The second-order valence-electron chi connectivity index (χ2n) is 7.98. The summed E-state index contributed by atoms with van der Waals surface area (Å²) in [5.41, 5.74) is 1.17. The van der Waals surface area contributed by atoms with Crippen LogP contribution in [0.4, 0.5) is 18.9 Å². The smallest absolute Gasteiger partial charge is 0.380 e. The summed E-state index contributed by atoms with van der Waals surface area (Å²) >= 11 is 0. The molecule has 0 bridgehead atoms. The summed E-state index contributed by atoms with van der Waals surface area (Å²) < 4.78 is 40.9. The molecule has 0 amide bonds. The molecule has 0 unspecified atom stereocenters. The van der Waals surface area contributed by atoms with Crippen LogP contribution in [0.2, 0.25) is 0 Å². The Kier molecular flexibility index (Phi) is 4.92. The van der Waals surface area contributed by atoms with E-state index >= 15 is 0 Å². The van der Waals surface area contributed by atoms with Crippen molar-refractivity contribution >= 4 is 27.2 Å². The van der Waals surface area contributed by atoms with Gasteiger partial charge in [-0.15, -0.1) is 0 Å². The van der Waals surface area contributed by atoms with Crippen molar-refractivity contribution in [1.29, 1.82) is 0 Å². The molecule has 0 fully saturated rings. The third-order valence-electron chi connectivity index (χ3n) is 5.66. The molecule has 4 rings (SSSR count). The lowest BCUT2D eigenvalue weighted by atomic mass is 10.0. The van der Waals surface area contributed by atoms with Crippen molar-refractivity contribution in [2.24, 2.45) is 0 Å². The van der Waals surface area contributed by atoms with Gasteiger partial charge in [-0.3, -0.25) is 4.79 Å². The van der Waals surface area contributed by atoms with E-state index in [1.807, 2.05) is 63.2 Å². The molecule has 0 radical (unpaired) electrons. The number of hydrogen-bond acceptors (Lipinski definition) is 2. The standard InChI is InChI=1S/C25H22F3NO/c1-14(2)17-9-10-18-12-20(25(26,27)28)24(30)22-21(18)19(11-17)15(3)23(22)29-13-16-7-5-4-6-8-16/h4-12,14,29H,13H2,1-3H3. The fourth-order valence-corrected chi connectivity index (χ4v) is 4.01. The minimum Gasteiger partial charge on any atom is -0.380 e. The van der Waals surface area contributed by atoms with Crippen LogP contribution < -0.4 is 10.7 Å². The number of rotatable bonds is 4. The van der Waals surface area contributed by atoms with Crippen molar-refractivity contribution in [3.63, 3.8) is 0 Å². The quantitative estimate of drug-likeness (QED) is 0.399. The maximum atomic E-state index is 13.6. The molecule has 4 aromatic carbocycles. The molecule has 0 heterocycles. The van der Waals surface area contributed by atoms with Crippen molar-refractivity contribution in [2.75, 3.05) is 5.32 Å². The zero-order chi connectivity index (χ0) is 21.6. The van der Waals surface area contributed by atoms with Crippen LogP contribution in [0.5, 0.6) is 0 Å². The van der Waals surface area contributed by atoms with E-state index in [0.29, 0.717) is 23.0 Å². The SMILES string of the molecule is Cc1c(NCc2ccccc2)c2c(=O)c(C(F)(F)F)cc3ccc(C(C)C)cc1c32. The van der Waals surface area contributed by atoms with Gasteiger partial charge in [0.2, 0.25) is 5.43 Å². The van der Waals surface area contributed by atoms with E-state index in [0.717, 1.165) is 28.1 Å². The van der Waals surface area contributed by atoms with Crippen LogP contribution in [0.3, 0.4) is 0 Å². The van der Waals surface area contributed by atoms with Gasteiger partial charge in [-0.05, 0) is 46.4 Å². The zero-order valence-electron chi connectivity index (χ0n) is 17.0. The molecule has 0 spiro atoms. The molecule has 5 heteroatoms. The van der Waals surface area contributed by atoms with Gasteiger partial charge in [0.1, 0.15) is 5.56 Å². The number of nitrogens with one attached hydrogen (secondary N) is 1. The van der Waals surface area contributed by atoms with Gasteiger partial charge in [0.25, 0.3) is 0 Å². The predicted molar refractivity (Wildman–Crippen MR) is 117 cm³/mol. The van der Waals surface area contributed by atoms with Crippen LogP contribution in [-0.2, 0) is 12.7 Å². The third-order valence-corrected chi connectivity index (χ3v) is 5.66. The average Bonchev–Trinajstić information content (AvgIpc) is 2.84. The first-order valence-electron chi connectivity index (χ1n) is 9.90. The highest BCUT2D eigenvalue weighted by Gasteiger charge is 2.35. The Morgan fingerprint density at radius 1 is 0.967 bits per heavy atom. The van der Waals surface area contributed by atoms with E-state index in [4.69, 9.17) is 0 Å². The Morgan fingerprint density at radius 2 is 1.67 bits per heavy atom. The van der Waals surface area contributed by atoms with Gasteiger partial charge < -0.3 is 5.32 Å². The summed E-state index contributed by atoms with van der Waals surface area (Å²) in [6.07, 6.45) is -4.71. The van der Waals surface area contributed by atoms with Crippen molar-refractivity contribution in [2.45, 2.75) is 39.4 Å². The lowest BCUT2D eigenvalue weighted by Gasteiger charge is -2.10. The molecule has 0 atom stereocenters.